The minimum atomic E-state index is 0.0550. The van der Waals surface area contributed by atoms with Crippen LogP contribution in [0.5, 0.6) is 0 Å². The standard InChI is InChI=1S/C18H25N5O2/c1-3-18-20-17(21-25-18)13-23(14(2)24)16-8-11-22(12-16)10-7-15-6-4-5-9-19-15/h4-6,9,16H,3,7-8,10-13H2,1-2H3/t16-/m1/s1. The van der Waals surface area contributed by atoms with Crippen LogP contribution in [0.1, 0.15) is 37.7 Å². The fourth-order valence-electron chi connectivity index (χ4n) is 3.24. The summed E-state index contributed by atoms with van der Waals surface area (Å²) in [6, 6.07) is 6.20. The average Bonchev–Trinajstić information content (AvgIpc) is 3.27. The van der Waals surface area contributed by atoms with E-state index in [4.69, 9.17) is 4.52 Å². The van der Waals surface area contributed by atoms with Crippen molar-refractivity contribution in [3.05, 3.63) is 41.8 Å². The van der Waals surface area contributed by atoms with Crippen molar-refractivity contribution >= 4 is 5.91 Å². The summed E-state index contributed by atoms with van der Waals surface area (Å²) in [5.41, 5.74) is 1.10. The van der Waals surface area contributed by atoms with E-state index < -0.39 is 0 Å². The van der Waals surface area contributed by atoms with Gasteiger partial charge >= 0.3 is 0 Å². The Balaban J connectivity index is 1.55. The van der Waals surface area contributed by atoms with Crippen LogP contribution in [0.25, 0.3) is 0 Å². The maximum atomic E-state index is 12.1. The van der Waals surface area contributed by atoms with Crippen LogP contribution < -0.4 is 0 Å². The predicted molar refractivity (Wildman–Crippen MR) is 92.7 cm³/mol. The Morgan fingerprint density at radius 2 is 2.32 bits per heavy atom. The number of carbonyl (C=O) groups excluding carboxylic acids is 1. The molecule has 1 saturated heterocycles. The van der Waals surface area contributed by atoms with Crippen molar-refractivity contribution in [3.8, 4) is 0 Å². The summed E-state index contributed by atoms with van der Waals surface area (Å²) in [5, 5.41) is 3.97. The fraction of sp³-hybridized carbons (Fsp3) is 0.556. The van der Waals surface area contributed by atoms with Gasteiger partial charge in [-0.1, -0.05) is 18.1 Å². The smallest absolute Gasteiger partial charge is 0.226 e. The topological polar surface area (TPSA) is 75.4 Å². The van der Waals surface area contributed by atoms with Crippen molar-refractivity contribution in [2.24, 2.45) is 0 Å². The SMILES string of the molecule is CCc1nc(CN(C(C)=O)[C@@H]2CCN(CCc3ccccn3)C2)no1. The molecule has 25 heavy (non-hydrogen) atoms. The first-order chi connectivity index (χ1) is 12.2. The van der Waals surface area contributed by atoms with Crippen molar-refractivity contribution in [3.63, 3.8) is 0 Å². The molecule has 1 fully saturated rings. The van der Waals surface area contributed by atoms with Crippen LogP contribution in [0, 0.1) is 0 Å². The lowest BCUT2D eigenvalue weighted by molar-refractivity contribution is -0.131. The van der Waals surface area contributed by atoms with Crippen LogP contribution in [0.2, 0.25) is 0 Å². The van der Waals surface area contributed by atoms with Crippen molar-refractivity contribution in [1.82, 2.24) is 24.9 Å². The first kappa shape index (κ1) is 17.5. The lowest BCUT2D eigenvalue weighted by atomic mass is 10.2. The van der Waals surface area contributed by atoms with Gasteiger partial charge in [-0.3, -0.25) is 9.78 Å². The molecule has 1 amide bonds. The van der Waals surface area contributed by atoms with E-state index >= 15 is 0 Å². The van der Waals surface area contributed by atoms with Gasteiger partial charge in [0.15, 0.2) is 5.82 Å². The van der Waals surface area contributed by atoms with E-state index in [1.165, 1.54) is 0 Å². The van der Waals surface area contributed by atoms with Crippen molar-refractivity contribution in [2.75, 3.05) is 19.6 Å². The van der Waals surface area contributed by atoms with Crippen LogP contribution in [0.15, 0.2) is 28.9 Å². The second-order valence-electron chi connectivity index (χ2n) is 6.42. The van der Waals surface area contributed by atoms with Crippen molar-refractivity contribution < 1.29 is 9.32 Å². The molecular formula is C18H25N5O2. The van der Waals surface area contributed by atoms with Gasteiger partial charge in [-0.2, -0.15) is 4.98 Å². The Bertz CT molecular complexity index is 688. The summed E-state index contributed by atoms with van der Waals surface area (Å²) < 4.78 is 5.15. The highest BCUT2D eigenvalue weighted by molar-refractivity contribution is 5.73. The van der Waals surface area contributed by atoms with E-state index in [-0.39, 0.29) is 11.9 Å². The number of carbonyl (C=O) groups is 1. The third-order valence-electron chi connectivity index (χ3n) is 4.63. The highest BCUT2D eigenvalue weighted by atomic mass is 16.5. The number of rotatable bonds is 7. The zero-order valence-corrected chi connectivity index (χ0v) is 14.9. The minimum Gasteiger partial charge on any atom is -0.339 e. The van der Waals surface area contributed by atoms with E-state index in [0.29, 0.717) is 24.7 Å². The summed E-state index contributed by atoms with van der Waals surface area (Å²) >= 11 is 0. The Kier molecular flexibility index (Phi) is 5.75. The first-order valence-corrected chi connectivity index (χ1v) is 8.86. The number of hydrogen-bond acceptors (Lipinski definition) is 6. The molecule has 2 aromatic heterocycles. The van der Waals surface area contributed by atoms with E-state index in [2.05, 4.69) is 26.1 Å². The second-order valence-corrected chi connectivity index (χ2v) is 6.42. The number of nitrogens with zero attached hydrogens (tertiary/aromatic N) is 5. The van der Waals surface area contributed by atoms with Crippen molar-refractivity contribution in [2.45, 2.75) is 45.7 Å². The van der Waals surface area contributed by atoms with Gasteiger partial charge in [0.25, 0.3) is 0 Å². The summed E-state index contributed by atoms with van der Waals surface area (Å²) in [7, 11) is 0. The molecule has 0 aliphatic carbocycles. The molecule has 0 N–H and O–H groups in total. The number of aromatic nitrogens is 3. The quantitative estimate of drug-likeness (QED) is 0.761. The Labute approximate surface area is 148 Å². The third kappa shape index (κ3) is 4.63. The molecule has 0 aromatic carbocycles. The summed E-state index contributed by atoms with van der Waals surface area (Å²) in [6.07, 6.45) is 4.44. The Hall–Kier alpha value is -2.28. The number of pyridine rings is 1. The zero-order valence-electron chi connectivity index (χ0n) is 14.9. The lowest BCUT2D eigenvalue weighted by Gasteiger charge is -2.27. The van der Waals surface area contributed by atoms with Crippen molar-refractivity contribution in [1.29, 1.82) is 0 Å². The molecule has 1 aliphatic heterocycles. The summed E-state index contributed by atoms with van der Waals surface area (Å²) in [6.45, 7) is 6.82. The van der Waals surface area contributed by atoms with Crippen LogP contribution in [0.4, 0.5) is 0 Å². The summed E-state index contributed by atoms with van der Waals surface area (Å²) in [4.78, 5) is 25.1. The lowest BCUT2D eigenvalue weighted by Crippen LogP contribution is -2.40. The van der Waals surface area contributed by atoms with E-state index in [9.17, 15) is 4.79 Å². The van der Waals surface area contributed by atoms with Crippen LogP contribution in [-0.4, -0.2) is 56.5 Å². The largest absolute Gasteiger partial charge is 0.339 e. The normalized spacial score (nSPS) is 17.8. The van der Waals surface area contributed by atoms with E-state index in [0.717, 1.165) is 38.2 Å². The summed E-state index contributed by atoms with van der Waals surface area (Å²) in [5.74, 6) is 1.25. The van der Waals surface area contributed by atoms with E-state index in [1.54, 1.807) is 6.92 Å². The highest BCUT2D eigenvalue weighted by Gasteiger charge is 2.30. The number of aryl methyl sites for hydroxylation is 1. The molecule has 1 aliphatic rings. The zero-order chi connectivity index (χ0) is 17.6. The molecule has 7 heteroatoms. The number of hydrogen-bond donors (Lipinski definition) is 0. The molecule has 3 rings (SSSR count). The minimum absolute atomic E-state index is 0.0550. The Morgan fingerprint density at radius 3 is 3.00 bits per heavy atom. The molecule has 0 unspecified atom stereocenters. The van der Waals surface area contributed by atoms with Gasteiger partial charge in [0.1, 0.15) is 0 Å². The maximum absolute atomic E-state index is 12.1. The monoisotopic (exact) mass is 343 g/mol. The van der Waals surface area contributed by atoms with Gasteiger partial charge in [0, 0.05) is 57.3 Å². The third-order valence-corrected chi connectivity index (χ3v) is 4.63. The highest BCUT2D eigenvalue weighted by Crippen LogP contribution is 2.18. The van der Waals surface area contributed by atoms with Crippen LogP contribution in [0.3, 0.4) is 0 Å². The van der Waals surface area contributed by atoms with Gasteiger partial charge in [0.05, 0.1) is 6.54 Å². The van der Waals surface area contributed by atoms with Gasteiger partial charge in [-0.15, -0.1) is 0 Å². The van der Waals surface area contributed by atoms with Gasteiger partial charge < -0.3 is 14.3 Å². The molecular weight excluding hydrogens is 318 g/mol. The molecule has 7 nitrogen and oxygen atoms in total. The molecule has 0 saturated carbocycles. The maximum Gasteiger partial charge on any atom is 0.226 e. The van der Waals surface area contributed by atoms with Crippen LogP contribution >= 0.6 is 0 Å². The van der Waals surface area contributed by atoms with E-state index in [1.807, 2.05) is 30.2 Å². The molecule has 0 radical (unpaired) electrons. The molecule has 0 bridgehead atoms. The van der Waals surface area contributed by atoms with Crippen LogP contribution in [-0.2, 0) is 24.2 Å². The molecule has 1 atom stereocenters. The molecule has 2 aromatic rings. The molecule has 3 heterocycles. The molecule has 134 valence electrons. The van der Waals surface area contributed by atoms with Gasteiger partial charge in [-0.25, -0.2) is 0 Å². The Morgan fingerprint density at radius 1 is 1.44 bits per heavy atom. The van der Waals surface area contributed by atoms with Gasteiger partial charge in [0.2, 0.25) is 11.8 Å². The first-order valence-electron chi connectivity index (χ1n) is 8.86. The number of amides is 1. The fourth-order valence-corrected chi connectivity index (χ4v) is 3.24. The van der Waals surface area contributed by atoms with Gasteiger partial charge in [-0.05, 0) is 18.6 Å². The molecule has 0 spiro atoms. The number of likely N-dealkylation sites (tertiary alicyclic amines) is 1. The second kappa shape index (κ2) is 8.20. The predicted octanol–water partition coefficient (Wildman–Crippen LogP) is 1.69. The average molecular weight is 343 g/mol.